The van der Waals surface area contributed by atoms with E-state index in [2.05, 4.69) is 10.6 Å². The zero-order valence-corrected chi connectivity index (χ0v) is 21.7. The Kier molecular flexibility index (Phi) is 9.16. The van der Waals surface area contributed by atoms with Gasteiger partial charge in [0.2, 0.25) is 5.91 Å². The van der Waals surface area contributed by atoms with Crippen LogP contribution in [0.5, 0.6) is 0 Å². The number of hydrogen-bond acceptors (Lipinski definition) is 5. The molecule has 9 heteroatoms. The Hall–Kier alpha value is -0.210. The predicted molar refractivity (Wildman–Crippen MR) is 133 cm³/mol. The maximum atomic E-state index is 13.4. The normalized spacial score (nSPS) is 44.3. The highest BCUT2D eigenvalue weighted by Gasteiger charge is 2.45. The molecule has 0 aromatic carbocycles. The van der Waals surface area contributed by atoms with Crippen LogP contribution in [-0.4, -0.2) is 58.2 Å². The number of halogens is 2. The number of nitrogens with one attached hydrogen (secondary N) is 2. The minimum Gasteiger partial charge on any atom is -0.481 e. The van der Waals surface area contributed by atoms with Crippen molar-refractivity contribution in [1.82, 2.24) is 10.6 Å². The zero-order valence-electron chi connectivity index (χ0n) is 19.4. The third-order valence-corrected chi connectivity index (χ3v) is 10.6. The number of carbonyl (C=O) groups excluding carboxylic acids is 1. The van der Waals surface area contributed by atoms with Gasteiger partial charge < -0.3 is 15.2 Å². The molecule has 1 amide bonds. The standard InChI is InChI=1S/C24H38Cl2N2O4S/c1-32-14-7-9-17(23(30)31)19(11-14)15-4-2-3-5-16(15)22(29)28-24-27-21(12-33-24)18-8-6-13(25)10-20(18)26/h13-21,24,27H,2-12H2,1H3,(H,28,29)(H,30,31). The number of hydrogen-bond donors (Lipinski definition) is 3. The van der Waals surface area contributed by atoms with Gasteiger partial charge in [-0.05, 0) is 69.1 Å². The fourth-order valence-corrected chi connectivity index (χ4v) is 8.90. The van der Waals surface area contributed by atoms with Gasteiger partial charge in [-0.1, -0.05) is 12.8 Å². The average molecular weight is 522 g/mol. The molecule has 10 unspecified atom stereocenters. The molecule has 4 fully saturated rings. The molecule has 0 bridgehead atoms. The minimum absolute atomic E-state index is 0.00284. The van der Waals surface area contributed by atoms with Gasteiger partial charge in [0, 0.05) is 35.6 Å². The maximum Gasteiger partial charge on any atom is 0.306 e. The van der Waals surface area contributed by atoms with Crippen molar-refractivity contribution in [2.75, 3.05) is 12.9 Å². The molecule has 0 aromatic heterocycles. The lowest BCUT2D eigenvalue weighted by Crippen LogP contribution is -2.51. The second-order valence-electron chi connectivity index (χ2n) is 10.4. The summed E-state index contributed by atoms with van der Waals surface area (Å²) in [5.41, 5.74) is -0.115. The van der Waals surface area contributed by atoms with Crippen LogP contribution in [0, 0.1) is 29.6 Å². The average Bonchev–Trinajstić information content (AvgIpc) is 3.26. The van der Waals surface area contributed by atoms with Gasteiger partial charge in [-0.2, -0.15) is 0 Å². The summed E-state index contributed by atoms with van der Waals surface area (Å²) in [6, 6.07) is 0.284. The van der Waals surface area contributed by atoms with Crippen molar-refractivity contribution >= 4 is 46.8 Å². The van der Waals surface area contributed by atoms with Crippen molar-refractivity contribution in [2.24, 2.45) is 29.6 Å². The Bertz CT molecular complexity index is 701. The van der Waals surface area contributed by atoms with Gasteiger partial charge in [0.15, 0.2) is 0 Å². The molecule has 1 heterocycles. The Balaban J connectivity index is 1.38. The number of carboxylic acid groups (broad SMARTS) is 1. The summed E-state index contributed by atoms with van der Waals surface area (Å²) >= 11 is 14.6. The Morgan fingerprint density at radius 2 is 1.76 bits per heavy atom. The van der Waals surface area contributed by atoms with E-state index in [1.165, 1.54) is 0 Å². The molecule has 4 rings (SSSR count). The molecule has 33 heavy (non-hydrogen) atoms. The summed E-state index contributed by atoms with van der Waals surface area (Å²) in [6.07, 6.45) is 8.94. The third-order valence-electron chi connectivity index (χ3n) is 8.56. The third kappa shape index (κ3) is 6.14. The molecule has 3 N–H and O–H groups in total. The largest absolute Gasteiger partial charge is 0.481 e. The van der Waals surface area contributed by atoms with Gasteiger partial charge in [-0.25, -0.2) is 0 Å². The zero-order chi connectivity index (χ0) is 23.5. The van der Waals surface area contributed by atoms with Crippen molar-refractivity contribution in [2.45, 2.75) is 92.6 Å². The van der Waals surface area contributed by atoms with Crippen molar-refractivity contribution in [3.05, 3.63) is 0 Å². The Morgan fingerprint density at radius 3 is 2.48 bits per heavy atom. The van der Waals surface area contributed by atoms with Gasteiger partial charge >= 0.3 is 5.97 Å². The van der Waals surface area contributed by atoms with E-state index in [9.17, 15) is 14.7 Å². The van der Waals surface area contributed by atoms with E-state index in [1.54, 1.807) is 18.9 Å². The predicted octanol–water partition coefficient (Wildman–Crippen LogP) is 4.43. The highest BCUT2D eigenvalue weighted by atomic mass is 35.5. The lowest BCUT2D eigenvalue weighted by atomic mass is 9.63. The maximum absolute atomic E-state index is 13.4. The van der Waals surface area contributed by atoms with Crippen LogP contribution in [0.3, 0.4) is 0 Å². The molecular weight excluding hydrogens is 483 g/mol. The molecule has 6 nitrogen and oxygen atoms in total. The van der Waals surface area contributed by atoms with E-state index >= 15 is 0 Å². The fourth-order valence-electron chi connectivity index (χ4n) is 6.76. The van der Waals surface area contributed by atoms with Crippen molar-refractivity contribution in [3.63, 3.8) is 0 Å². The lowest BCUT2D eigenvalue weighted by molar-refractivity contribution is -0.150. The Morgan fingerprint density at radius 1 is 0.970 bits per heavy atom. The molecule has 0 spiro atoms. The second kappa shape index (κ2) is 11.7. The molecule has 10 atom stereocenters. The van der Waals surface area contributed by atoms with Crippen LogP contribution in [0.15, 0.2) is 0 Å². The van der Waals surface area contributed by atoms with Crippen molar-refractivity contribution in [1.29, 1.82) is 0 Å². The Labute approximate surface area is 211 Å². The number of carboxylic acids is 1. The molecule has 1 aliphatic heterocycles. The van der Waals surface area contributed by atoms with E-state index in [0.717, 1.165) is 63.5 Å². The molecule has 3 aliphatic carbocycles. The fraction of sp³-hybridized carbons (Fsp3) is 0.917. The number of carbonyl (C=O) groups is 2. The topological polar surface area (TPSA) is 87.7 Å². The minimum atomic E-state index is -0.725. The molecular formula is C24H38Cl2N2O4S. The van der Waals surface area contributed by atoms with Gasteiger partial charge in [0.25, 0.3) is 0 Å². The smallest absolute Gasteiger partial charge is 0.306 e. The van der Waals surface area contributed by atoms with Crippen LogP contribution >= 0.6 is 35.0 Å². The second-order valence-corrected chi connectivity index (χ2v) is 12.7. The first-order chi connectivity index (χ1) is 15.9. The summed E-state index contributed by atoms with van der Waals surface area (Å²) < 4.78 is 5.60. The number of aliphatic carboxylic acids is 1. The number of alkyl halides is 2. The van der Waals surface area contributed by atoms with E-state index in [0.29, 0.717) is 12.3 Å². The van der Waals surface area contributed by atoms with Crippen LogP contribution in [0.1, 0.15) is 64.2 Å². The molecule has 4 aliphatic rings. The number of amides is 1. The summed E-state index contributed by atoms with van der Waals surface area (Å²) in [4.78, 5) is 25.5. The SMILES string of the molecule is COC1CCC(C(=O)O)C(C2CCCCC2C(=O)NC2NC(C3CCC(Cl)CC3Cl)CS2)C1. The van der Waals surface area contributed by atoms with E-state index in [-0.39, 0.29) is 58.0 Å². The van der Waals surface area contributed by atoms with E-state index in [1.807, 2.05) is 0 Å². The summed E-state index contributed by atoms with van der Waals surface area (Å²) in [7, 11) is 1.71. The lowest BCUT2D eigenvalue weighted by Gasteiger charge is -2.43. The highest BCUT2D eigenvalue weighted by molar-refractivity contribution is 8.00. The first-order valence-corrected chi connectivity index (χ1v) is 14.5. The van der Waals surface area contributed by atoms with Gasteiger partial charge in [-0.3, -0.25) is 14.9 Å². The van der Waals surface area contributed by atoms with Crippen LogP contribution in [0.4, 0.5) is 0 Å². The molecule has 0 radical (unpaired) electrons. The van der Waals surface area contributed by atoms with E-state index in [4.69, 9.17) is 27.9 Å². The van der Waals surface area contributed by atoms with Crippen molar-refractivity contribution in [3.8, 4) is 0 Å². The molecule has 0 aromatic rings. The summed E-state index contributed by atoms with van der Waals surface area (Å²) in [5, 5.41) is 17.0. The quantitative estimate of drug-likeness (QED) is 0.449. The summed E-state index contributed by atoms with van der Waals surface area (Å²) in [6.45, 7) is 0. The van der Waals surface area contributed by atoms with Crippen LogP contribution < -0.4 is 10.6 Å². The highest BCUT2D eigenvalue weighted by Crippen LogP contribution is 2.45. The first-order valence-electron chi connectivity index (χ1n) is 12.6. The van der Waals surface area contributed by atoms with Crippen LogP contribution in [0.25, 0.3) is 0 Å². The number of rotatable bonds is 6. The monoisotopic (exact) mass is 520 g/mol. The number of thioether (sulfide) groups is 1. The van der Waals surface area contributed by atoms with Crippen molar-refractivity contribution < 1.29 is 19.4 Å². The van der Waals surface area contributed by atoms with Gasteiger partial charge in [-0.15, -0.1) is 35.0 Å². The van der Waals surface area contributed by atoms with Gasteiger partial charge in [0.05, 0.1) is 12.0 Å². The molecule has 3 saturated carbocycles. The summed E-state index contributed by atoms with van der Waals surface area (Å²) in [5.74, 6) is 0.245. The number of methoxy groups -OCH3 is 1. The first kappa shape index (κ1) is 25.9. The van der Waals surface area contributed by atoms with Gasteiger partial charge in [0.1, 0.15) is 5.50 Å². The van der Waals surface area contributed by atoms with Crippen LogP contribution in [0.2, 0.25) is 0 Å². The molecule has 188 valence electrons. The number of ether oxygens (including phenoxy) is 1. The molecule has 1 saturated heterocycles. The van der Waals surface area contributed by atoms with Crippen LogP contribution in [-0.2, 0) is 14.3 Å². The van der Waals surface area contributed by atoms with E-state index < -0.39 is 5.97 Å².